The van der Waals surface area contributed by atoms with Crippen LogP contribution >= 0.6 is 0 Å². The summed E-state index contributed by atoms with van der Waals surface area (Å²) in [5, 5.41) is 9.09. The number of likely N-dealkylation sites (tertiary alicyclic amines) is 1. The molecule has 1 aliphatic heterocycles. The van der Waals surface area contributed by atoms with Gasteiger partial charge in [0, 0.05) is 42.9 Å². The van der Waals surface area contributed by atoms with Crippen molar-refractivity contribution in [2.24, 2.45) is 29.1 Å². The molecule has 0 aromatic carbocycles. The molecule has 11 heteroatoms. The predicted molar refractivity (Wildman–Crippen MR) is 186 cm³/mol. The van der Waals surface area contributed by atoms with Crippen LogP contribution in [0.1, 0.15) is 122 Å². The Morgan fingerprint density at radius 3 is 2.33 bits per heavy atom. The van der Waals surface area contributed by atoms with E-state index in [4.69, 9.17) is 0 Å². The lowest BCUT2D eigenvalue weighted by molar-refractivity contribution is -0.147. The molecule has 4 amide bonds. The van der Waals surface area contributed by atoms with E-state index in [2.05, 4.69) is 32.5 Å². The van der Waals surface area contributed by atoms with E-state index in [1.807, 2.05) is 27.7 Å². The highest BCUT2D eigenvalue weighted by Crippen LogP contribution is 2.44. The van der Waals surface area contributed by atoms with Gasteiger partial charge in [-0.1, -0.05) is 66.4 Å². The summed E-state index contributed by atoms with van der Waals surface area (Å²) in [6.45, 7) is 12.4. The largest absolute Gasteiger partial charge is 0.350 e. The third-order valence-electron chi connectivity index (χ3n) is 11.3. The Balaban J connectivity index is 1.36. The SMILES string of the molecule is C=C(C(=O)NC1CC1)[C@H](CCC)NC(=O)[C@@H]1[C@H]2CCC[C@H]2CN1C(=O)[C@@H](CC(=O)[C@@H](NC(=O)c1cnccn1)C1CCCCC1)C(C)(C)C. The lowest BCUT2D eigenvalue weighted by Crippen LogP contribution is -2.55. The van der Waals surface area contributed by atoms with E-state index in [0.717, 1.165) is 70.6 Å². The standard InChI is InChI=1S/C38H56N6O5/c1-6-11-29(23(2)34(46)41-26-16-17-26)42-36(48)33-27-15-10-14-25(27)22-44(33)37(49)28(38(3,4)5)20-31(45)32(24-12-8-7-9-13-24)43-35(47)30-21-39-18-19-40-30/h18-19,21,24-29,32-33H,2,6-17,20,22H2,1,3-5H3,(H,41,46)(H,42,48)(H,43,47)/t25-,27-,28+,29-,32-,33-/m0/s1. The fourth-order valence-corrected chi connectivity index (χ4v) is 8.26. The van der Waals surface area contributed by atoms with Crippen molar-refractivity contribution < 1.29 is 24.0 Å². The first-order valence-corrected chi connectivity index (χ1v) is 18.6. The smallest absolute Gasteiger partial charge is 0.272 e. The van der Waals surface area contributed by atoms with Crippen LogP contribution in [0.3, 0.4) is 0 Å². The second kappa shape index (κ2) is 15.9. The van der Waals surface area contributed by atoms with Crippen LogP contribution in [-0.2, 0) is 19.2 Å². The van der Waals surface area contributed by atoms with Gasteiger partial charge < -0.3 is 20.9 Å². The Morgan fingerprint density at radius 2 is 1.69 bits per heavy atom. The van der Waals surface area contributed by atoms with Gasteiger partial charge in [0.05, 0.1) is 18.3 Å². The summed E-state index contributed by atoms with van der Waals surface area (Å²) >= 11 is 0. The van der Waals surface area contributed by atoms with Crippen LogP contribution in [0, 0.1) is 29.1 Å². The Labute approximate surface area is 291 Å². The lowest BCUT2D eigenvalue weighted by atomic mass is 9.74. The van der Waals surface area contributed by atoms with Gasteiger partial charge in [-0.25, -0.2) is 4.98 Å². The summed E-state index contributed by atoms with van der Waals surface area (Å²) in [6, 6.07) is -1.77. The number of amides is 4. The van der Waals surface area contributed by atoms with E-state index in [1.165, 1.54) is 18.6 Å². The van der Waals surface area contributed by atoms with Crippen LogP contribution in [0.4, 0.5) is 0 Å². The minimum Gasteiger partial charge on any atom is -0.350 e. The zero-order valence-electron chi connectivity index (χ0n) is 29.8. The number of ketones is 1. The van der Waals surface area contributed by atoms with E-state index in [1.54, 1.807) is 4.90 Å². The fourth-order valence-electron chi connectivity index (χ4n) is 8.26. The molecule has 6 atom stereocenters. The minimum atomic E-state index is -0.743. The zero-order valence-corrected chi connectivity index (χ0v) is 29.8. The number of rotatable bonds is 14. The van der Waals surface area contributed by atoms with Gasteiger partial charge >= 0.3 is 0 Å². The van der Waals surface area contributed by atoms with Crippen LogP contribution in [-0.4, -0.2) is 75.0 Å². The summed E-state index contributed by atoms with van der Waals surface area (Å²) in [5.41, 5.74) is -0.0975. The Kier molecular flexibility index (Phi) is 11.9. The van der Waals surface area contributed by atoms with Gasteiger partial charge in [0.15, 0.2) is 5.78 Å². The summed E-state index contributed by atoms with van der Waals surface area (Å²) in [5.74, 6) is -1.78. The second-order valence-electron chi connectivity index (χ2n) is 15.9. The highest BCUT2D eigenvalue weighted by atomic mass is 16.2. The number of Topliss-reactive ketones (excluding diaryl/α,β-unsaturated/α-hetero) is 1. The minimum absolute atomic E-state index is 0.0250. The molecule has 49 heavy (non-hydrogen) atoms. The van der Waals surface area contributed by atoms with Crippen molar-refractivity contribution in [2.45, 2.75) is 135 Å². The summed E-state index contributed by atoms with van der Waals surface area (Å²) in [7, 11) is 0. The quantitative estimate of drug-likeness (QED) is 0.245. The van der Waals surface area contributed by atoms with Crippen molar-refractivity contribution in [3.8, 4) is 0 Å². The number of hydrogen-bond acceptors (Lipinski definition) is 7. The molecule has 0 spiro atoms. The van der Waals surface area contributed by atoms with Crippen molar-refractivity contribution >= 4 is 29.4 Å². The van der Waals surface area contributed by atoms with Gasteiger partial charge in [-0.2, -0.15) is 0 Å². The molecule has 3 N–H and O–H groups in total. The molecule has 0 unspecified atom stereocenters. The molecule has 4 aliphatic rings. The number of nitrogens with zero attached hydrogens (tertiary/aromatic N) is 3. The molecule has 5 rings (SSSR count). The van der Waals surface area contributed by atoms with Crippen LogP contribution in [0.15, 0.2) is 30.7 Å². The van der Waals surface area contributed by atoms with Crippen molar-refractivity contribution in [1.82, 2.24) is 30.8 Å². The van der Waals surface area contributed by atoms with Crippen LogP contribution in [0.25, 0.3) is 0 Å². The Hall–Kier alpha value is -3.63. The number of fused-ring (bicyclic) bond motifs is 1. The molecule has 1 aromatic rings. The van der Waals surface area contributed by atoms with Gasteiger partial charge in [-0.15, -0.1) is 0 Å². The second-order valence-corrected chi connectivity index (χ2v) is 15.9. The van der Waals surface area contributed by atoms with E-state index < -0.39 is 35.4 Å². The van der Waals surface area contributed by atoms with Crippen LogP contribution < -0.4 is 16.0 Å². The molecule has 3 saturated carbocycles. The van der Waals surface area contributed by atoms with Crippen molar-refractivity contribution in [1.29, 1.82) is 0 Å². The maximum atomic E-state index is 14.7. The van der Waals surface area contributed by atoms with E-state index in [0.29, 0.717) is 18.5 Å². The Bertz CT molecular complexity index is 1380. The fraction of sp³-hybridized carbons (Fsp3) is 0.711. The third-order valence-corrected chi connectivity index (χ3v) is 11.3. The number of aromatic nitrogens is 2. The normalized spacial score (nSPS) is 24.3. The maximum Gasteiger partial charge on any atom is 0.272 e. The molecule has 0 radical (unpaired) electrons. The number of hydrogen-bond donors (Lipinski definition) is 3. The monoisotopic (exact) mass is 676 g/mol. The summed E-state index contributed by atoms with van der Waals surface area (Å²) in [4.78, 5) is 79.2. The van der Waals surface area contributed by atoms with Crippen LogP contribution in [0.2, 0.25) is 0 Å². The molecular weight excluding hydrogens is 620 g/mol. The maximum absolute atomic E-state index is 14.7. The highest BCUT2D eigenvalue weighted by Gasteiger charge is 2.52. The summed E-state index contributed by atoms with van der Waals surface area (Å²) in [6.07, 6.45) is 15.0. The van der Waals surface area contributed by atoms with Gasteiger partial charge in [-0.3, -0.25) is 29.0 Å². The molecule has 4 fully saturated rings. The first-order chi connectivity index (χ1) is 23.4. The number of carbonyl (C=O) groups excluding carboxylic acids is 5. The van der Waals surface area contributed by atoms with Crippen LogP contribution in [0.5, 0.6) is 0 Å². The average Bonchev–Trinajstić information content (AvgIpc) is 3.65. The topological polar surface area (TPSA) is 150 Å². The molecular formula is C38H56N6O5. The molecule has 3 aliphatic carbocycles. The molecule has 2 heterocycles. The highest BCUT2D eigenvalue weighted by molar-refractivity contribution is 5.99. The van der Waals surface area contributed by atoms with E-state index in [9.17, 15) is 24.0 Å². The van der Waals surface area contributed by atoms with Crippen molar-refractivity contribution in [3.63, 3.8) is 0 Å². The molecule has 1 aromatic heterocycles. The molecule has 1 saturated heterocycles. The summed E-state index contributed by atoms with van der Waals surface area (Å²) < 4.78 is 0. The van der Waals surface area contributed by atoms with E-state index >= 15 is 0 Å². The number of carbonyl (C=O) groups is 5. The van der Waals surface area contributed by atoms with Crippen molar-refractivity contribution in [3.05, 3.63) is 36.4 Å². The van der Waals surface area contributed by atoms with Gasteiger partial charge in [0.25, 0.3) is 5.91 Å². The molecule has 268 valence electrons. The Morgan fingerprint density at radius 1 is 0.959 bits per heavy atom. The molecule has 11 nitrogen and oxygen atoms in total. The van der Waals surface area contributed by atoms with Gasteiger partial charge in [-0.05, 0) is 68.1 Å². The zero-order chi connectivity index (χ0) is 35.3. The average molecular weight is 677 g/mol. The number of nitrogens with one attached hydrogen (secondary N) is 3. The first-order valence-electron chi connectivity index (χ1n) is 18.6. The van der Waals surface area contributed by atoms with Crippen molar-refractivity contribution in [2.75, 3.05) is 6.54 Å². The van der Waals surface area contributed by atoms with Gasteiger partial charge in [0.2, 0.25) is 17.7 Å². The van der Waals surface area contributed by atoms with Gasteiger partial charge in [0.1, 0.15) is 11.7 Å². The predicted octanol–water partition coefficient (Wildman–Crippen LogP) is 4.52. The lowest BCUT2D eigenvalue weighted by Gasteiger charge is -2.37. The van der Waals surface area contributed by atoms with E-state index in [-0.39, 0.29) is 59.4 Å². The first kappa shape index (κ1) is 36.6. The molecule has 0 bridgehead atoms. The third kappa shape index (κ3) is 8.94.